The predicted octanol–water partition coefficient (Wildman–Crippen LogP) is 3.34. The lowest BCUT2D eigenvalue weighted by atomic mass is 9.97. The van der Waals surface area contributed by atoms with Gasteiger partial charge in [0.25, 0.3) is 5.91 Å². The van der Waals surface area contributed by atoms with Gasteiger partial charge in [-0.25, -0.2) is 0 Å². The van der Waals surface area contributed by atoms with Crippen LogP contribution < -0.4 is 9.47 Å². The third-order valence-corrected chi connectivity index (χ3v) is 4.37. The van der Waals surface area contributed by atoms with Crippen LogP contribution in [0.15, 0.2) is 18.2 Å². The van der Waals surface area contributed by atoms with Gasteiger partial charge in [-0.15, -0.1) is 0 Å². The number of piperidine rings is 1. The smallest absolute Gasteiger partial charge is 0.303 e. The number of likely N-dealkylation sites (tertiary alicyclic amines) is 1. The molecule has 138 valence electrons. The molecule has 1 aromatic rings. The SMILES string of the molecule is CCOc1ccc(C(=O)N2CCCC[C@@H]2CCC(=O)O)cc1OCC. The van der Waals surface area contributed by atoms with E-state index in [1.54, 1.807) is 18.2 Å². The summed E-state index contributed by atoms with van der Waals surface area (Å²) in [6, 6.07) is 5.22. The second kappa shape index (κ2) is 9.30. The van der Waals surface area contributed by atoms with E-state index < -0.39 is 5.97 Å². The fourth-order valence-corrected chi connectivity index (χ4v) is 3.21. The lowest BCUT2D eigenvalue weighted by molar-refractivity contribution is -0.137. The molecule has 0 radical (unpaired) electrons. The number of aliphatic carboxylic acids is 1. The van der Waals surface area contributed by atoms with Crippen LogP contribution in [0.5, 0.6) is 11.5 Å². The molecule has 0 aromatic heterocycles. The van der Waals surface area contributed by atoms with Gasteiger partial charge in [-0.3, -0.25) is 9.59 Å². The van der Waals surface area contributed by atoms with Crippen LogP contribution in [-0.4, -0.2) is 47.7 Å². The number of hydrogen-bond acceptors (Lipinski definition) is 4. The summed E-state index contributed by atoms with van der Waals surface area (Å²) >= 11 is 0. The van der Waals surface area contributed by atoms with E-state index in [2.05, 4.69) is 0 Å². The molecule has 1 atom stereocenters. The Morgan fingerprint density at radius 1 is 1.16 bits per heavy atom. The van der Waals surface area contributed by atoms with Crippen molar-refractivity contribution in [2.24, 2.45) is 0 Å². The molecule has 1 saturated heterocycles. The highest BCUT2D eigenvalue weighted by molar-refractivity contribution is 5.95. The second-order valence-corrected chi connectivity index (χ2v) is 6.11. The van der Waals surface area contributed by atoms with E-state index in [0.29, 0.717) is 43.2 Å². The molecule has 0 spiro atoms. The summed E-state index contributed by atoms with van der Waals surface area (Å²) in [5, 5.41) is 8.93. The van der Waals surface area contributed by atoms with Crippen LogP contribution in [-0.2, 0) is 4.79 Å². The van der Waals surface area contributed by atoms with Crippen molar-refractivity contribution in [1.82, 2.24) is 4.90 Å². The van der Waals surface area contributed by atoms with E-state index in [1.807, 2.05) is 18.7 Å². The van der Waals surface area contributed by atoms with E-state index in [9.17, 15) is 9.59 Å². The largest absolute Gasteiger partial charge is 0.490 e. The van der Waals surface area contributed by atoms with Crippen LogP contribution in [0.25, 0.3) is 0 Å². The lowest BCUT2D eigenvalue weighted by Gasteiger charge is -2.35. The summed E-state index contributed by atoms with van der Waals surface area (Å²) in [5.74, 6) is 0.299. The fourth-order valence-electron chi connectivity index (χ4n) is 3.21. The summed E-state index contributed by atoms with van der Waals surface area (Å²) in [7, 11) is 0. The van der Waals surface area contributed by atoms with E-state index in [0.717, 1.165) is 19.3 Å². The first-order valence-electron chi connectivity index (χ1n) is 8.99. The highest BCUT2D eigenvalue weighted by atomic mass is 16.5. The summed E-state index contributed by atoms with van der Waals surface area (Å²) < 4.78 is 11.1. The van der Waals surface area contributed by atoms with Crippen molar-refractivity contribution in [1.29, 1.82) is 0 Å². The number of carboxylic acid groups (broad SMARTS) is 1. The molecule has 1 heterocycles. The van der Waals surface area contributed by atoms with Gasteiger partial charge in [0.1, 0.15) is 0 Å². The van der Waals surface area contributed by atoms with Crippen LogP contribution >= 0.6 is 0 Å². The Kier molecular flexibility index (Phi) is 7.10. The minimum Gasteiger partial charge on any atom is -0.490 e. The molecule has 0 unspecified atom stereocenters. The highest BCUT2D eigenvalue weighted by Crippen LogP contribution is 2.30. The fraction of sp³-hybridized carbons (Fsp3) is 0.579. The normalized spacial score (nSPS) is 17.2. The van der Waals surface area contributed by atoms with Crippen molar-refractivity contribution >= 4 is 11.9 Å². The molecule has 6 nitrogen and oxygen atoms in total. The third-order valence-electron chi connectivity index (χ3n) is 4.37. The van der Waals surface area contributed by atoms with Crippen molar-refractivity contribution in [3.63, 3.8) is 0 Å². The number of rotatable bonds is 8. The van der Waals surface area contributed by atoms with Crippen LogP contribution in [0.4, 0.5) is 0 Å². The maximum Gasteiger partial charge on any atom is 0.303 e. The molecular formula is C19H27NO5. The Bertz CT molecular complexity index is 601. The van der Waals surface area contributed by atoms with Crippen LogP contribution in [0.2, 0.25) is 0 Å². The molecule has 1 aromatic carbocycles. The molecule has 6 heteroatoms. The molecule has 1 fully saturated rings. The number of carbonyl (C=O) groups excluding carboxylic acids is 1. The Balaban J connectivity index is 2.18. The molecule has 1 aliphatic heterocycles. The number of benzene rings is 1. The van der Waals surface area contributed by atoms with Crippen molar-refractivity contribution in [3.05, 3.63) is 23.8 Å². The topological polar surface area (TPSA) is 76.1 Å². The highest BCUT2D eigenvalue weighted by Gasteiger charge is 2.28. The van der Waals surface area contributed by atoms with Crippen molar-refractivity contribution in [2.45, 2.75) is 52.0 Å². The van der Waals surface area contributed by atoms with E-state index in [1.165, 1.54) is 0 Å². The second-order valence-electron chi connectivity index (χ2n) is 6.11. The van der Waals surface area contributed by atoms with Gasteiger partial charge in [0.15, 0.2) is 11.5 Å². The molecule has 1 amide bonds. The van der Waals surface area contributed by atoms with Gasteiger partial charge in [0, 0.05) is 24.6 Å². The average molecular weight is 349 g/mol. The molecule has 1 N–H and O–H groups in total. The third kappa shape index (κ3) is 5.11. The van der Waals surface area contributed by atoms with Gasteiger partial charge in [0.2, 0.25) is 0 Å². The molecule has 1 aliphatic rings. The van der Waals surface area contributed by atoms with E-state index in [4.69, 9.17) is 14.6 Å². The van der Waals surface area contributed by atoms with Gasteiger partial charge in [0.05, 0.1) is 13.2 Å². The quantitative estimate of drug-likeness (QED) is 0.779. The zero-order valence-corrected chi connectivity index (χ0v) is 15.0. The molecule has 0 bridgehead atoms. The Hall–Kier alpha value is -2.24. The molecule has 0 aliphatic carbocycles. The summed E-state index contributed by atoms with van der Waals surface area (Å²) in [5.41, 5.74) is 0.550. The predicted molar refractivity (Wildman–Crippen MR) is 94.3 cm³/mol. The maximum atomic E-state index is 13.0. The van der Waals surface area contributed by atoms with Crippen molar-refractivity contribution in [2.75, 3.05) is 19.8 Å². The first kappa shape index (κ1) is 19.1. The summed E-state index contributed by atoms with van der Waals surface area (Å²) in [6.45, 7) is 5.46. The number of amides is 1. The van der Waals surface area contributed by atoms with Crippen LogP contribution in [0, 0.1) is 0 Å². The zero-order valence-electron chi connectivity index (χ0n) is 15.0. The molecule has 25 heavy (non-hydrogen) atoms. The van der Waals surface area contributed by atoms with Gasteiger partial charge < -0.3 is 19.5 Å². The minimum atomic E-state index is -0.822. The van der Waals surface area contributed by atoms with Crippen molar-refractivity contribution in [3.8, 4) is 11.5 Å². The maximum absolute atomic E-state index is 13.0. The van der Waals surface area contributed by atoms with E-state index >= 15 is 0 Å². The molecule has 2 rings (SSSR count). The Morgan fingerprint density at radius 3 is 2.56 bits per heavy atom. The number of nitrogens with zero attached hydrogens (tertiary/aromatic N) is 1. The lowest BCUT2D eigenvalue weighted by Crippen LogP contribution is -2.44. The first-order valence-corrected chi connectivity index (χ1v) is 8.99. The van der Waals surface area contributed by atoms with E-state index in [-0.39, 0.29) is 18.4 Å². The zero-order chi connectivity index (χ0) is 18.2. The van der Waals surface area contributed by atoms with Gasteiger partial charge in [-0.1, -0.05) is 0 Å². The summed E-state index contributed by atoms with van der Waals surface area (Å²) in [6.07, 6.45) is 3.42. The average Bonchev–Trinajstić information content (AvgIpc) is 2.61. The minimum absolute atomic E-state index is 0.0144. The Labute approximate surface area is 148 Å². The molecular weight excluding hydrogens is 322 g/mol. The Morgan fingerprint density at radius 2 is 1.88 bits per heavy atom. The summed E-state index contributed by atoms with van der Waals surface area (Å²) in [4.78, 5) is 25.7. The van der Waals surface area contributed by atoms with Crippen LogP contribution in [0.3, 0.4) is 0 Å². The van der Waals surface area contributed by atoms with Gasteiger partial charge in [-0.05, 0) is 57.7 Å². The molecule has 0 saturated carbocycles. The standard InChI is InChI=1S/C19H27NO5/c1-3-24-16-10-8-14(13-17(16)25-4-2)19(23)20-12-6-5-7-15(20)9-11-18(21)22/h8,10,13,15H,3-7,9,11-12H2,1-2H3,(H,21,22)/t15-/m1/s1. The van der Waals surface area contributed by atoms with Gasteiger partial charge >= 0.3 is 5.97 Å². The monoisotopic (exact) mass is 349 g/mol. The first-order chi connectivity index (χ1) is 12.1. The number of hydrogen-bond donors (Lipinski definition) is 1. The number of ether oxygens (including phenoxy) is 2. The number of carbonyl (C=O) groups is 2. The van der Waals surface area contributed by atoms with Crippen molar-refractivity contribution < 1.29 is 24.2 Å². The van der Waals surface area contributed by atoms with Gasteiger partial charge in [-0.2, -0.15) is 0 Å². The van der Waals surface area contributed by atoms with Crippen LogP contribution in [0.1, 0.15) is 56.3 Å². The number of carboxylic acids is 1.